The van der Waals surface area contributed by atoms with Crippen LogP contribution in [0.3, 0.4) is 0 Å². The fourth-order valence-corrected chi connectivity index (χ4v) is 1.40. The van der Waals surface area contributed by atoms with Crippen molar-refractivity contribution in [2.75, 3.05) is 0 Å². The van der Waals surface area contributed by atoms with Gasteiger partial charge in [-0.05, 0) is 23.3 Å². The topological polar surface area (TPSA) is 36.7 Å². The monoisotopic (exact) mass is 206 g/mol. The third-order valence-corrected chi connectivity index (χ3v) is 2.22. The van der Waals surface area contributed by atoms with E-state index in [2.05, 4.69) is 11.1 Å². The summed E-state index contributed by atoms with van der Waals surface area (Å²) in [4.78, 5) is 4.02. The average Bonchev–Trinajstić information content (AvgIpc) is 2.38. The maximum absolute atomic E-state index is 8.92. The molecule has 2 rings (SSSR count). The fourth-order valence-electron chi connectivity index (χ4n) is 1.40. The molecule has 0 saturated heterocycles. The second-order valence-electron chi connectivity index (χ2n) is 3.32. The first-order chi connectivity index (χ1) is 7.90. The Hall–Kier alpha value is -2.40. The molecule has 0 amide bonds. The summed E-state index contributed by atoms with van der Waals surface area (Å²) in [6.45, 7) is 0. The molecule has 0 aliphatic carbocycles. The van der Waals surface area contributed by atoms with E-state index in [0.29, 0.717) is 5.56 Å². The molecule has 0 radical (unpaired) electrons. The van der Waals surface area contributed by atoms with Crippen molar-refractivity contribution in [1.82, 2.24) is 4.98 Å². The molecule has 0 unspecified atom stereocenters. The van der Waals surface area contributed by atoms with Gasteiger partial charge in [0.2, 0.25) is 0 Å². The van der Waals surface area contributed by atoms with Crippen molar-refractivity contribution < 1.29 is 0 Å². The highest BCUT2D eigenvalue weighted by molar-refractivity contribution is 5.72. The van der Waals surface area contributed by atoms with Crippen LogP contribution in [0.5, 0.6) is 0 Å². The summed E-state index contributed by atoms with van der Waals surface area (Å²) in [5.74, 6) is 0. The summed E-state index contributed by atoms with van der Waals surface area (Å²) in [7, 11) is 0. The first-order valence-corrected chi connectivity index (χ1v) is 4.97. The van der Waals surface area contributed by atoms with E-state index >= 15 is 0 Å². The van der Waals surface area contributed by atoms with E-state index in [0.717, 1.165) is 11.1 Å². The Morgan fingerprint density at radius 2 is 1.94 bits per heavy atom. The lowest BCUT2D eigenvalue weighted by Gasteiger charge is -1.96. The molecule has 2 aromatic rings. The zero-order chi connectivity index (χ0) is 11.2. The van der Waals surface area contributed by atoms with Gasteiger partial charge in [0.25, 0.3) is 0 Å². The summed E-state index contributed by atoms with van der Waals surface area (Å²) in [5.41, 5.74) is 2.63. The summed E-state index contributed by atoms with van der Waals surface area (Å²) >= 11 is 0. The summed E-state index contributed by atoms with van der Waals surface area (Å²) < 4.78 is 0. The number of hydrogen-bond acceptors (Lipinski definition) is 2. The number of nitrogens with zero attached hydrogens (tertiary/aromatic N) is 2. The van der Waals surface area contributed by atoms with Gasteiger partial charge in [0.15, 0.2) is 0 Å². The fraction of sp³-hybridized carbons (Fsp3) is 0. The minimum Gasteiger partial charge on any atom is -0.264 e. The van der Waals surface area contributed by atoms with E-state index in [1.54, 1.807) is 12.4 Å². The third-order valence-electron chi connectivity index (χ3n) is 2.22. The lowest BCUT2D eigenvalue weighted by molar-refractivity contribution is 1.32. The molecular weight excluding hydrogens is 196 g/mol. The van der Waals surface area contributed by atoms with Gasteiger partial charge in [0.05, 0.1) is 11.6 Å². The molecule has 2 nitrogen and oxygen atoms in total. The SMILES string of the molecule is N#Cc1ccccc1/C=C/c1cccnc1. The standard InChI is InChI=1S/C14H10N2/c15-10-14-6-2-1-5-13(14)8-7-12-4-3-9-16-11-12/h1-9,11H/b8-7+. The number of aromatic nitrogens is 1. The number of benzene rings is 1. The van der Waals surface area contributed by atoms with Gasteiger partial charge in [-0.15, -0.1) is 0 Å². The molecule has 0 N–H and O–H groups in total. The lowest BCUT2D eigenvalue weighted by Crippen LogP contribution is -1.80. The van der Waals surface area contributed by atoms with Crippen LogP contribution in [-0.2, 0) is 0 Å². The van der Waals surface area contributed by atoms with Gasteiger partial charge in [-0.2, -0.15) is 5.26 Å². The van der Waals surface area contributed by atoms with Crippen molar-refractivity contribution in [2.24, 2.45) is 0 Å². The van der Waals surface area contributed by atoms with Crippen molar-refractivity contribution in [2.45, 2.75) is 0 Å². The molecule has 0 bridgehead atoms. The minimum atomic E-state index is 0.683. The Morgan fingerprint density at radius 3 is 2.69 bits per heavy atom. The van der Waals surface area contributed by atoms with E-state index in [1.165, 1.54) is 0 Å². The first-order valence-electron chi connectivity index (χ1n) is 4.97. The Balaban J connectivity index is 2.28. The van der Waals surface area contributed by atoms with Crippen LogP contribution in [-0.4, -0.2) is 4.98 Å². The van der Waals surface area contributed by atoms with E-state index in [9.17, 15) is 0 Å². The average molecular weight is 206 g/mol. The molecule has 1 aromatic carbocycles. The van der Waals surface area contributed by atoms with Gasteiger partial charge < -0.3 is 0 Å². The highest BCUT2D eigenvalue weighted by atomic mass is 14.6. The molecule has 1 heterocycles. The van der Waals surface area contributed by atoms with E-state index in [4.69, 9.17) is 5.26 Å². The maximum Gasteiger partial charge on any atom is 0.0997 e. The van der Waals surface area contributed by atoms with Crippen molar-refractivity contribution in [1.29, 1.82) is 5.26 Å². The van der Waals surface area contributed by atoms with Crippen LogP contribution in [0, 0.1) is 11.3 Å². The van der Waals surface area contributed by atoms with Crippen LogP contribution in [0.15, 0.2) is 48.8 Å². The number of pyridine rings is 1. The largest absolute Gasteiger partial charge is 0.264 e. The van der Waals surface area contributed by atoms with Crippen LogP contribution in [0.4, 0.5) is 0 Å². The zero-order valence-corrected chi connectivity index (χ0v) is 8.67. The van der Waals surface area contributed by atoms with Crippen LogP contribution in [0.25, 0.3) is 12.2 Å². The second-order valence-corrected chi connectivity index (χ2v) is 3.32. The molecule has 76 valence electrons. The quantitative estimate of drug-likeness (QED) is 0.756. The van der Waals surface area contributed by atoms with Crippen molar-refractivity contribution in [3.05, 3.63) is 65.5 Å². The molecule has 2 heteroatoms. The highest BCUT2D eigenvalue weighted by Gasteiger charge is 1.95. The molecule has 1 aromatic heterocycles. The van der Waals surface area contributed by atoms with E-state index in [-0.39, 0.29) is 0 Å². The van der Waals surface area contributed by atoms with Gasteiger partial charge in [-0.25, -0.2) is 0 Å². The van der Waals surface area contributed by atoms with E-state index in [1.807, 2.05) is 48.6 Å². The van der Waals surface area contributed by atoms with Crippen LogP contribution < -0.4 is 0 Å². The van der Waals surface area contributed by atoms with Gasteiger partial charge in [-0.3, -0.25) is 4.98 Å². The van der Waals surface area contributed by atoms with Crippen molar-refractivity contribution in [3.8, 4) is 6.07 Å². The van der Waals surface area contributed by atoms with E-state index < -0.39 is 0 Å². The molecular formula is C14H10N2. The molecule has 0 aliphatic heterocycles. The van der Waals surface area contributed by atoms with Crippen LogP contribution >= 0.6 is 0 Å². The van der Waals surface area contributed by atoms with Crippen molar-refractivity contribution in [3.63, 3.8) is 0 Å². The van der Waals surface area contributed by atoms with Gasteiger partial charge >= 0.3 is 0 Å². The third kappa shape index (κ3) is 2.34. The van der Waals surface area contributed by atoms with Gasteiger partial charge in [-0.1, -0.05) is 36.4 Å². The summed E-state index contributed by atoms with van der Waals surface area (Å²) in [6, 6.07) is 13.5. The molecule has 0 aliphatic rings. The number of nitriles is 1. The van der Waals surface area contributed by atoms with Crippen LogP contribution in [0.1, 0.15) is 16.7 Å². The predicted octanol–water partition coefficient (Wildman–Crippen LogP) is 3.12. The Labute approximate surface area is 94.5 Å². The Kier molecular flexibility index (Phi) is 3.10. The number of rotatable bonds is 2. The second kappa shape index (κ2) is 4.90. The maximum atomic E-state index is 8.92. The van der Waals surface area contributed by atoms with Crippen LogP contribution in [0.2, 0.25) is 0 Å². The first kappa shape index (κ1) is 10.1. The highest BCUT2D eigenvalue weighted by Crippen LogP contribution is 2.11. The lowest BCUT2D eigenvalue weighted by atomic mass is 10.1. The van der Waals surface area contributed by atoms with Crippen molar-refractivity contribution >= 4 is 12.2 Å². The molecule has 0 atom stereocenters. The normalized spacial score (nSPS) is 10.2. The molecule has 0 fully saturated rings. The summed E-state index contributed by atoms with van der Waals surface area (Å²) in [5, 5.41) is 8.92. The smallest absolute Gasteiger partial charge is 0.0997 e. The predicted molar refractivity (Wildman–Crippen MR) is 64.3 cm³/mol. The molecule has 16 heavy (non-hydrogen) atoms. The Morgan fingerprint density at radius 1 is 1.06 bits per heavy atom. The molecule has 0 saturated carbocycles. The Bertz CT molecular complexity index is 536. The zero-order valence-electron chi connectivity index (χ0n) is 8.67. The summed E-state index contributed by atoms with van der Waals surface area (Å²) in [6.07, 6.45) is 7.39. The van der Waals surface area contributed by atoms with Gasteiger partial charge in [0.1, 0.15) is 0 Å². The molecule has 0 spiro atoms. The van der Waals surface area contributed by atoms with Gasteiger partial charge in [0, 0.05) is 12.4 Å². The number of hydrogen-bond donors (Lipinski definition) is 0. The minimum absolute atomic E-state index is 0.683.